The van der Waals surface area contributed by atoms with E-state index >= 15 is 0 Å². The van der Waals surface area contributed by atoms with Crippen LogP contribution < -0.4 is 10.1 Å². The number of nitrogens with zero attached hydrogens (tertiary/aromatic N) is 1. The van der Waals surface area contributed by atoms with Crippen LogP contribution in [0.3, 0.4) is 0 Å². The molecule has 0 aliphatic rings. The molecule has 146 valence electrons. The molecule has 1 N–H and O–H groups in total. The van der Waals surface area contributed by atoms with Crippen LogP contribution in [0.1, 0.15) is 16.7 Å². The lowest BCUT2D eigenvalue weighted by atomic mass is 10.1. The van der Waals surface area contributed by atoms with Crippen molar-refractivity contribution >= 4 is 29.3 Å². The molecule has 28 heavy (non-hydrogen) atoms. The smallest absolute Gasteiger partial charge is 0.331 e. The van der Waals surface area contributed by atoms with Gasteiger partial charge in [-0.05, 0) is 48.7 Å². The molecule has 0 saturated carbocycles. The van der Waals surface area contributed by atoms with E-state index in [1.165, 1.54) is 18.2 Å². The maximum atomic E-state index is 12.1. The second-order valence-corrected chi connectivity index (χ2v) is 5.92. The van der Waals surface area contributed by atoms with E-state index in [0.29, 0.717) is 11.3 Å². The van der Waals surface area contributed by atoms with Crippen molar-refractivity contribution in [3.8, 4) is 5.75 Å². The molecular weight excluding hydrogens is 364 g/mol. The summed E-state index contributed by atoms with van der Waals surface area (Å²) in [5, 5.41) is 13.6. The van der Waals surface area contributed by atoms with Crippen molar-refractivity contribution in [1.29, 1.82) is 0 Å². The Morgan fingerprint density at radius 1 is 1.14 bits per heavy atom. The molecule has 0 saturated heterocycles. The van der Waals surface area contributed by atoms with Gasteiger partial charge in [-0.25, -0.2) is 4.79 Å². The second kappa shape index (κ2) is 9.31. The Morgan fingerprint density at radius 3 is 2.43 bits per heavy atom. The largest absolute Gasteiger partial charge is 0.497 e. The van der Waals surface area contributed by atoms with E-state index in [2.05, 4.69) is 5.32 Å². The highest BCUT2D eigenvalue weighted by atomic mass is 16.6. The van der Waals surface area contributed by atoms with Crippen LogP contribution in [0.5, 0.6) is 5.75 Å². The number of nitrogens with one attached hydrogen (secondary N) is 1. The van der Waals surface area contributed by atoms with Crippen LogP contribution >= 0.6 is 0 Å². The molecule has 0 unspecified atom stereocenters. The van der Waals surface area contributed by atoms with Crippen LogP contribution in [-0.2, 0) is 14.3 Å². The van der Waals surface area contributed by atoms with Gasteiger partial charge in [0.05, 0.1) is 12.0 Å². The fourth-order valence-electron chi connectivity index (χ4n) is 2.35. The first-order chi connectivity index (χ1) is 13.3. The van der Waals surface area contributed by atoms with Crippen molar-refractivity contribution in [1.82, 2.24) is 0 Å². The average Bonchev–Trinajstić information content (AvgIpc) is 2.68. The van der Waals surface area contributed by atoms with Gasteiger partial charge >= 0.3 is 5.97 Å². The highest BCUT2D eigenvalue weighted by Crippen LogP contribution is 2.30. The fraction of sp³-hybridized carbons (Fsp3) is 0.200. The third-order valence-electron chi connectivity index (χ3n) is 4.05. The quantitative estimate of drug-likeness (QED) is 0.339. The summed E-state index contributed by atoms with van der Waals surface area (Å²) in [4.78, 5) is 34.4. The minimum absolute atomic E-state index is 0.0971. The van der Waals surface area contributed by atoms with Gasteiger partial charge in [0.25, 0.3) is 11.6 Å². The number of amides is 1. The Morgan fingerprint density at radius 2 is 1.82 bits per heavy atom. The van der Waals surface area contributed by atoms with Gasteiger partial charge in [-0.2, -0.15) is 0 Å². The Kier molecular flexibility index (Phi) is 6.86. The molecule has 0 heterocycles. The highest BCUT2D eigenvalue weighted by Gasteiger charge is 2.19. The third kappa shape index (κ3) is 5.41. The number of aryl methyl sites for hydroxylation is 1. The molecule has 2 aromatic carbocycles. The molecular formula is C20H20N2O6. The van der Waals surface area contributed by atoms with Gasteiger partial charge in [0.15, 0.2) is 6.61 Å². The highest BCUT2D eigenvalue weighted by molar-refractivity contribution is 5.97. The lowest BCUT2D eigenvalue weighted by Crippen LogP contribution is -2.21. The van der Waals surface area contributed by atoms with Gasteiger partial charge in [-0.3, -0.25) is 14.9 Å². The number of anilines is 1. The van der Waals surface area contributed by atoms with Crippen LogP contribution in [0.4, 0.5) is 11.4 Å². The molecule has 2 aromatic rings. The minimum atomic E-state index is -0.707. The van der Waals surface area contributed by atoms with E-state index in [4.69, 9.17) is 9.47 Å². The first kappa shape index (κ1) is 20.6. The molecule has 0 radical (unpaired) electrons. The maximum absolute atomic E-state index is 12.1. The van der Waals surface area contributed by atoms with Crippen molar-refractivity contribution in [2.75, 3.05) is 19.0 Å². The summed E-state index contributed by atoms with van der Waals surface area (Å²) in [6.07, 6.45) is 2.73. The van der Waals surface area contributed by atoms with E-state index in [1.54, 1.807) is 51.3 Å². The number of rotatable bonds is 7. The average molecular weight is 384 g/mol. The summed E-state index contributed by atoms with van der Waals surface area (Å²) in [6.45, 7) is 2.89. The molecule has 0 atom stereocenters. The molecule has 0 bridgehead atoms. The standard InChI is InChI=1S/C20H20N2O6/c1-13-4-10-17(22(25)26)20(14(13)2)21-18(23)12-28-19(24)11-7-15-5-8-16(27-3)9-6-15/h4-11H,12H2,1-3H3,(H,21,23)/b11-7+. The van der Waals surface area contributed by atoms with Crippen LogP contribution in [0, 0.1) is 24.0 Å². The summed E-state index contributed by atoms with van der Waals surface area (Å²) >= 11 is 0. The van der Waals surface area contributed by atoms with Gasteiger partial charge < -0.3 is 14.8 Å². The van der Waals surface area contributed by atoms with Crippen LogP contribution in [0.2, 0.25) is 0 Å². The molecule has 0 aromatic heterocycles. The monoisotopic (exact) mass is 384 g/mol. The van der Waals surface area contributed by atoms with Crippen molar-refractivity contribution in [3.05, 3.63) is 69.3 Å². The number of hydrogen-bond acceptors (Lipinski definition) is 6. The predicted octanol–water partition coefficient (Wildman–Crippen LogP) is 3.42. The van der Waals surface area contributed by atoms with Crippen molar-refractivity contribution in [3.63, 3.8) is 0 Å². The lowest BCUT2D eigenvalue weighted by molar-refractivity contribution is -0.384. The van der Waals surface area contributed by atoms with Gasteiger partial charge in [-0.15, -0.1) is 0 Å². The van der Waals surface area contributed by atoms with Crippen LogP contribution in [0.25, 0.3) is 6.08 Å². The van der Waals surface area contributed by atoms with E-state index in [0.717, 1.165) is 11.1 Å². The molecule has 0 spiro atoms. The van der Waals surface area contributed by atoms with Crippen molar-refractivity contribution < 1.29 is 24.0 Å². The number of ether oxygens (including phenoxy) is 2. The zero-order chi connectivity index (χ0) is 20.7. The zero-order valence-corrected chi connectivity index (χ0v) is 15.7. The van der Waals surface area contributed by atoms with E-state index in [1.807, 2.05) is 0 Å². The number of hydrogen-bond donors (Lipinski definition) is 1. The Balaban J connectivity index is 1.95. The van der Waals surface area contributed by atoms with E-state index in [-0.39, 0.29) is 11.4 Å². The maximum Gasteiger partial charge on any atom is 0.331 e. The SMILES string of the molecule is COc1ccc(/C=C/C(=O)OCC(=O)Nc2c([N+](=O)[O-])ccc(C)c2C)cc1. The summed E-state index contributed by atoms with van der Waals surface area (Å²) in [5.74, 6) is -0.679. The zero-order valence-electron chi connectivity index (χ0n) is 15.7. The minimum Gasteiger partial charge on any atom is -0.497 e. The summed E-state index contributed by atoms with van der Waals surface area (Å²) in [7, 11) is 1.56. The van der Waals surface area contributed by atoms with Crippen LogP contribution in [-0.4, -0.2) is 30.5 Å². The summed E-state index contributed by atoms with van der Waals surface area (Å²) in [6, 6.07) is 9.93. The molecule has 1 amide bonds. The molecule has 2 rings (SSSR count). The van der Waals surface area contributed by atoms with Gasteiger partial charge in [-0.1, -0.05) is 18.2 Å². The molecule has 0 aliphatic heterocycles. The summed E-state index contributed by atoms with van der Waals surface area (Å²) < 4.78 is 9.93. The van der Waals surface area contributed by atoms with Gasteiger partial charge in [0, 0.05) is 12.1 Å². The van der Waals surface area contributed by atoms with Gasteiger partial charge in [0.1, 0.15) is 11.4 Å². The number of nitro groups is 1. The summed E-state index contributed by atoms with van der Waals surface area (Å²) in [5.41, 5.74) is 2.00. The third-order valence-corrected chi connectivity index (χ3v) is 4.05. The number of esters is 1. The number of nitro benzene ring substituents is 1. The Labute approximate surface area is 161 Å². The Bertz CT molecular complexity index is 919. The normalized spacial score (nSPS) is 10.5. The molecule has 0 aliphatic carbocycles. The number of methoxy groups -OCH3 is 1. The number of carbonyl (C=O) groups excluding carboxylic acids is 2. The topological polar surface area (TPSA) is 108 Å². The number of carbonyl (C=O) groups is 2. The van der Waals surface area contributed by atoms with E-state index < -0.39 is 23.4 Å². The first-order valence-corrected chi connectivity index (χ1v) is 8.35. The predicted molar refractivity (Wildman–Crippen MR) is 104 cm³/mol. The van der Waals surface area contributed by atoms with E-state index in [9.17, 15) is 19.7 Å². The van der Waals surface area contributed by atoms with Crippen molar-refractivity contribution in [2.24, 2.45) is 0 Å². The first-order valence-electron chi connectivity index (χ1n) is 8.35. The van der Waals surface area contributed by atoms with Gasteiger partial charge in [0.2, 0.25) is 0 Å². The molecule has 8 heteroatoms. The lowest BCUT2D eigenvalue weighted by Gasteiger charge is -2.11. The fourth-order valence-corrected chi connectivity index (χ4v) is 2.35. The second-order valence-electron chi connectivity index (χ2n) is 5.92. The molecule has 0 fully saturated rings. The number of benzene rings is 2. The Hall–Kier alpha value is -3.68. The van der Waals surface area contributed by atoms with Crippen LogP contribution in [0.15, 0.2) is 42.5 Å². The molecule has 8 nitrogen and oxygen atoms in total. The van der Waals surface area contributed by atoms with Crippen molar-refractivity contribution in [2.45, 2.75) is 13.8 Å².